The molecule has 0 saturated carbocycles. The first-order valence-corrected chi connectivity index (χ1v) is 15.1. The first kappa shape index (κ1) is 28.4. The molecule has 3 heterocycles. The number of nitrogens with one attached hydrogen (secondary N) is 1. The number of pyridine rings is 1. The van der Waals surface area contributed by atoms with Crippen molar-refractivity contribution < 1.29 is 42.1 Å². The van der Waals surface area contributed by atoms with Crippen molar-refractivity contribution in [1.82, 2.24) is 9.55 Å². The van der Waals surface area contributed by atoms with E-state index in [2.05, 4.69) is 10.3 Å². The number of aliphatic hydroxyl groups excluding tert-OH is 2. The predicted octanol–water partition coefficient (Wildman–Crippen LogP) is 2.04. The van der Waals surface area contributed by atoms with Crippen molar-refractivity contribution >= 4 is 45.8 Å². The Morgan fingerprint density at radius 3 is 2.53 bits per heavy atom. The van der Waals surface area contributed by atoms with Crippen molar-refractivity contribution in [3.8, 4) is 6.07 Å². The van der Waals surface area contributed by atoms with Crippen LogP contribution in [0.1, 0.15) is 30.3 Å². The number of fused-ring (bicyclic) bond motifs is 1. The number of anilines is 1. The molecule has 0 radical (unpaired) electrons. The smallest absolute Gasteiger partial charge is 0.340 e. The normalized spacial score (nSPS) is 22.9. The SMILES string of the molecule is CC(Nc1c(C#N)c(Cl)nc2c1ccn2[C@@H]1O[C@H](CS(=O)(=O)CP(=O)(O)O)[C@@H](O)[C@H]1O)c1ccc(F)cc1. The van der Waals surface area contributed by atoms with Crippen LogP contribution in [0.2, 0.25) is 5.15 Å². The van der Waals surface area contributed by atoms with Gasteiger partial charge in [-0.2, -0.15) is 5.26 Å². The molecule has 12 nitrogen and oxygen atoms in total. The Hall–Kier alpha value is -2.60. The molecule has 1 unspecified atom stereocenters. The molecule has 1 aliphatic rings. The number of benzene rings is 1. The molecule has 3 aromatic rings. The highest BCUT2D eigenvalue weighted by atomic mass is 35.5. The van der Waals surface area contributed by atoms with E-state index in [1.54, 1.807) is 25.1 Å². The van der Waals surface area contributed by atoms with Gasteiger partial charge in [-0.15, -0.1) is 0 Å². The summed E-state index contributed by atoms with van der Waals surface area (Å²) in [7, 11) is -9.25. The first-order chi connectivity index (χ1) is 17.7. The molecule has 5 atom stereocenters. The third kappa shape index (κ3) is 5.85. The fourth-order valence-corrected chi connectivity index (χ4v) is 7.77. The van der Waals surface area contributed by atoms with E-state index in [1.807, 2.05) is 6.07 Å². The first-order valence-electron chi connectivity index (χ1n) is 11.1. The van der Waals surface area contributed by atoms with Gasteiger partial charge in [-0.05, 0) is 30.7 Å². The summed E-state index contributed by atoms with van der Waals surface area (Å²) >= 11 is 6.29. The van der Waals surface area contributed by atoms with Gasteiger partial charge in [-0.25, -0.2) is 17.8 Å². The molecule has 0 aliphatic carbocycles. The molecule has 0 bridgehead atoms. The summed E-state index contributed by atoms with van der Waals surface area (Å²) in [5, 5.41) is 34.2. The molecule has 38 heavy (non-hydrogen) atoms. The van der Waals surface area contributed by atoms with Gasteiger partial charge in [0.1, 0.15) is 41.4 Å². The van der Waals surface area contributed by atoms with Crippen LogP contribution in [0, 0.1) is 17.1 Å². The molecule has 0 spiro atoms. The number of aromatic nitrogens is 2. The summed E-state index contributed by atoms with van der Waals surface area (Å²) < 4.78 is 55.8. The van der Waals surface area contributed by atoms with Gasteiger partial charge in [0.25, 0.3) is 0 Å². The maximum absolute atomic E-state index is 13.3. The molecule has 1 fully saturated rings. The minimum absolute atomic E-state index is 0.0280. The Kier molecular flexibility index (Phi) is 7.86. The lowest BCUT2D eigenvalue weighted by molar-refractivity contribution is -0.0288. The molecule has 1 aliphatic heterocycles. The summed E-state index contributed by atoms with van der Waals surface area (Å²) in [4.78, 5) is 22.3. The number of ether oxygens (including phenoxy) is 1. The summed E-state index contributed by atoms with van der Waals surface area (Å²) in [6.07, 6.45) is -4.72. The van der Waals surface area contributed by atoms with E-state index >= 15 is 0 Å². The number of hydrogen-bond donors (Lipinski definition) is 5. The second-order valence-electron chi connectivity index (χ2n) is 8.89. The number of sulfone groups is 1. The lowest BCUT2D eigenvalue weighted by Gasteiger charge is -2.20. The van der Waals surface area contributed by atoms with E-state index in [9.17, 15) is 32.8 Å². The van der Waals surface area contributed by atoms with Crippen LogP contribution in [0.15, 0.2) is 36.5 Å². The molecule has 16 heteroatoms. The average Bonchev–Trinajstić information content (AvgIpc) is 3.33. The number of aliphatic hydroxyl groups is 2. The van der Waals surface area contributed by atoms with Crippen LogP contribution >= 0.6 is 19.2 Å². The van der Waals surface area contributed by atoms with Crippen LogP contribution in [0.25, 0.3) is 11.0 Å². The molecular formula is C22H23ClFN4O8PS. The van der Waals surface area contributed by atoms with Gasteiger partial charge in [-0.3, -0.25) is 4.57 Å². The minimum atomic E-state index is -4.90. The van der Waals surface area contributed by atoms with Gasteiger partial charge in [-0.1, -0.05) is 23.7 Å². The molecule has 204 valence electrons. The van der Waals surface area contributed by atoms with Gasteiger partial charge in [0.15, 0.2) is 26.7 Å². The minimum Gasteiger partial charge on any atom is -0.387 e. The monoisotopic (exact) mass is 588 g/mol. The second kappa shape index (κ2) is 10.5. The number of rotatable bonds is 8. The van der Waals surface area contributed by atoms with E-state index in [4.69, 9.17) is 26.1 Å². The molecule has 5 N–H and O–H groups in total. The Morgan fingerprint density at radius 2 is 1.92 bits per heavy atom. The van der Waals surface area contributed by atoms with E-state index in [0.717, 1.165) is 0 Å². The van der Waals surface area contributed by atoms with Crippen LogP contribution < -0.4 is 5.32 Å². The predicted molar refractivity (Wildman–Crippen MR) is 135 cm³/mol. The summed E-state index contributed by atoms with van der Waals surface area (Å²) in [6, 6.07) is 8.90. The van der Waals surface area contributed by atoms with Crippen molar-refractivity contribution in [3.05, 3.63) is 58.6 Å². The number of hydrogen-bond acceptors (Lipinski definition) is 9. The van der Waals surface area contributed by atoms with Crippen LogP contribution in [-0.2, 0) is 19.1 Å². The van der Waals surface area contributed by atoms with E-state index < -0.39 is 65.1 Å². The zero-order chi connectivity index (χ0) is 28.0. The highest BCUT2D eigenvalue weighted by Crippen LogP contribution is 2.40. The van der Waals surface area contributed by atoms with E-state index in [-0.39, 0.29) is 16.4 Å². The van der Waals surface area contributed by atoms with Gasteiger partial charge < -0.3 is 34.6 Å². The Balaban J connectivity index is 1.68. The van der Waals surface area contributed by atoms with Crippen molar-refractivity contribution in [2.45, 2.75) is 37.5 Å². The van der Waals surface area contributed by atoms with Crippen molar-refractivity contribution in [2.24, 2.45) is 0 Å². The van der Waals surface area contributed by atoms with Gasteiger partial charge in [0.2, 0.25) is 0 Å². The largest absolute Gasteiger partial charge is 0.387 e. The summed E-state index contributed by atoms with van der Waals surface area (Å²) in [5.74, 6) is -1.35. The lowest BCUT2D eigenvalue weighted by Crippen LogP contribution is -2.35. The standard InChI is InChI=1S/C22H23ClFN4O8PS/c1-11(12-2-4-13(24)5-3-12)26-17-14-6-7-28(21(14)27-20(23)15(17)8-25)22-19(30)18(29)16(36-22)9-38(34,35)10-37(31,32)33/h2-7,11,16,18-19,22,29-30H,9-10H2,1H3,(H,26,27)(H2,31,32,33)/t11?,16-,18-,19-,22-/m1/s1. The lowest BCUT2D eigenvalue weighted by atomic mass is 10.1. The van der Waals surface area contributed by atoms with Gasteiger partial charge >= 0.3 is 7.60 Å². The highest BCUT2D eigenvalue weighted by molar-refractivity contribution is 7.97. The summed E-state index contributed by atoms with van der Waals surface area (Å²) in [6.45, 7) is 1.79. The number of nitrogens with zero attached hydrogens (tertiary/aromatic N) is 3. The topological polar surface area (TPSA) is 195 Å². The van der Waals surface area contributed by atoms with Gasteiger partial charge in [0.05, 0.1) is 11.4 Å². The van der Waals surface area contributed by atoms with Crippen LogP contribution in [0.3, 0.4) is 0 Å². The highest BCUT2D eigenvalue weighted by Gasteiger charge is 2.46. The molecule has 0 amide bonds. The number of halogens is 2. The van der Waals surface area contributed by atoms with Crippen LogP contribution in [0.5, 0.6) is 0 Å². The van der Waals surface area contributed by atoms with E-state index in [0.29, 0.717) is 16.6 Å². The Bertz CT molecular complexity index is 1560. The zero-order valence-corrected chi connectivity index (χ0v) is 22.1. The quantitative estimate of drug-likeness (QED) is 0.191. The van der Waals surface area contributed by atoms with Gasteiger partial charge in [0, 0.05) is 17.6 Å². The third-order valence-corrected chi connectivity index (χ3v) is 10.1. The fraction of sp³-hybridized carbons (Fsp3) is 0.364. The molecule has 1 saturated heterocycles. The molecule has 1 aromatic carbocycles. The molecule has 2 aromatic heterocycles. The molecular weight excluding hydrogens is 566 g/mol. The number of nitriles is 1. The summed E-state index contributed by atoms with van der Waals surface area (Å²) in [5.41, 5.74) is -0.257. The van der Waals surface area contributed by atoms with Crippen molar-refractivity contribution in [2.75, 3.05) is 16.6 Å². The fourth-order valence-electron chi connectivity index (χ4n) is 4.30. The van der Waals surface area contributed by atoms with Crippen LogP contribution in [-0.4, -0.2) is 67.5 Å². The van der Waals surface area contributed by atoms with Crippen molar-refractivity contribution in [1.29, 1.82) is 5.26 Å². The maximum Gasteiger partial charge on any atom is 0.340 e. The zero-order valence-electron chi connectivity index (χ0n) is 19.6. The van der Waals surface area contributed by atoms with E-state index in [1.165, 1.54) is 22.9 Å². The van der Waals surface area contributed by atoms with Crippen LogP contribution in [0.4, 0.5) is 10.1 Å². The average molecular weight is 589 g/mol. The Labute approximate surface area is 221 Å². The third-order valence-electron chi connectivity index (χ3n) is 6.05. The van der Waals surface area contributed by atoms with Crippen molar-refractivity contribution in [3.63, 3.8) is 0 Å². The molecule has 4 rings (SSSR count). The Morgan fingerprint density at radius 1 is 1.26 bits per heavy atom. The maximum atomic E-state index is 13.3. The second-order valence-corrected chi connectivity index (χ2v) is 13.4.